The van der Waals surface area contributed by atoms with Crippen LogP contribution in [-0.4, -0.2) is 21.7 Å². The molecule has 0 fully saturated rings. The van der Waals surface area contributed by atoms with E-state index in [1.807, 2.05) is 34.9 Å². The van der Waals surface area contributed by atoms with Crippen molar-refractivity contribution in [2.24, 2.45) is 0 Å². The molecule has 0 N–H and O–H groups in total. The molecule has 0 amide bonds. The molecule has 0 aliphatic carbocycles. The third-order valence-corrected chi connectivity index (χ3v) is 5.67. The van der Waals surface area contributed by atoms with E-state index in [9.17, 15) is 4.79 Å². The topological polar surface area (TPSA) is 36.2 Å². The van der Waals surface area contributed by atoms with Crippen LogP contribution in [0.5, 0.6) is 0 Å². The van der Waals surface area contributed by atoms with Crippen LogP contribution in [0.2, 0.25) is 10.0 Å². The zero-order chi connectivity index (χ0) is 19.6. The minimum Gasteiger partial charge on any atom is -0.465 e. The lowest BCUT2D eigenvalue weighted by Crippen LogP contribution is -2.19. The predicted octanol–water partition coefficient (Wildman–Crippen LogP) is 5.82. The Morgan fingerprint density at radius 2 is 1.81 bits per heavy atom. The Hall–Kier alpha value is -1.73. The Morgan fingerprint density at radius 3 is 2.52 bits per heavy atom. The van der Waals surface area contributed by atoms with Crippen molar-refractivity contribution in [3.63, 3.8) is 0 Å². The zero-order valence-corrected chi connectivity index (χ0v) is 17.6. The summed E-state index contributed by atoms with van der Waals surface area (Å²) < 4.78 is 9.69. The third kappa shape index (κ3) is 4.24. The van der Waals surface area contributed by atoms with E-state index < -0.39 is 0 Å². The molecule has 2 aromatic carbocycles. The molecule has 27 heavy (non-hydrogen) atoms. The van der Waals surface area contributed by atoms with Gasteiger partial charge in [0, 0.05) is 5.39 Å². The summed E-state index contributed by atoms with van der Waals surface area (Å²) in [6.07, 6.45) is 0. The molecule has 0 atom stereocenters. The largest absolute Gasteiger partial charge is 0.465 e. The summed E-state index contributed by atoms with van der Waals surface area (Å²) in [5.41, 5.74) is 1.70. The van der Waals surface area contributed by atoms with Crippen LogP contribution in [0.1, 0.15) is 12.5 Å². The SMILES string of the molecule is CCOC(=O)Cn1c(=S)n(Cc2ccc(Cl)c(Cl)c2)c(=S)c2ccccc21. The number of fused-ring (bicyclic) bond motifs is 1. The molecule has 0 unspecified atom stereocenters. The molecule has 0 saturated heterocycles. The van der Waals surface area contributed by atoms with Crippen molar-refractivity contribution < 1.29 is 9.53 Å². The summed E-state index contributed by atoms with van der Waals surface area (Å²) in [6.45, 7) is 2.52. The van der Waals surface area contributed by atoms with E-state index in [2.05, 4.69) is 0 Å². The normalized spacial score (nSPS) is 10.9. The van der Waals surface area contributed by atoms with Gasteiger partial charge >= 0.3 is 5.97 Å². The Kier molecular flexibility index (Phi) is 6.32. The summed E-state index contributed by atoms with van der Waals surface area (Å²) in [6, 6.07) is 13.0. The van der Waals surface area contributed by atoms with Crippen LogP contribution in [0, 0.1) is 9.41 Å². The van der Waals surface area contributed by atoms with Gasteiger partial charge in [0.1, 0.15) is 11.2 Å². The van der Waals surface area contributed by atoms with E-state index >= 15 is 0 Å². The third-order valence-electron chi connectivity index (χ3n) is 4.05. The Balaban J connectivity index is 2.17. The van der Waals surface area contributed by atoms with E-state index in [1.54, 1.807) is 23.6 Å². The summed E-state index contributed by atoms with van der Waals surface area (Å²) >= 11 is 23.5. The number of halogens is 2. The second-order valence-electron chi connectivity index (χ2n) is 5.83. The first-order valence-electron chi connectivity index (χ1n) is 8.24. The Bertz CT molecular complexity index is 1140. The quantitative estimate of drug-likeness (QED) is 0.371. The van der Waals surface area contributed by atoms with Crippen LogP contribution in [0.15, 0.2) is 42.5 Å². The molecular weight excluding hydrogens is 423 g/mol. The van der Waals surface area contributed by atoms with E-state index in [0.717, 1.165) is 16.5 Å². The number of ether oxygens (including phenoxy) is 1. The lowest BCUT2D eigenvalue weighted by molar-refractivity contribution is -0.143. The average Bonchev–Trinajstić information content (AvgIpc) is 2.65. The number of hydrogen-bond acceptors (Lipinski definition) is 4. The minimum atomic E-state index is -0.350. The summed E-state index contributed by atoms with van der Waals surface area (Å²) in [5, 5.41) is 1.79. The minimum absolute atomic E-state index is 0.0180. The fourth-order valence-corrected chi connectivity index (χ4v) is 3.84. The van der Waals surface area contributed by atoms with Crippen molar-refractivity contribution in [3.05, 3.63) is 67.5 Å². The number of aromatic nitrogens is 2. The van der Waals surface area contributed by atoms with E-state index in [4.69, 9.17) is 52.4 Å². The number of carbonyl (C=O) groups excluding carboxylic acids is 1. The van der Waals surface area contributed by atoms with Gasteiger partial charge in [0.25, 0.3) is 0 Å². The standard InChI is InChI=1S/C19H16Cl2N2O2S2/c1-2-25-17(24)11-22-16-6-4-3-5-13(16)18(26)23(19(22)27)10-12-7-8-14(20)15(21)9-12/h3-9H,2,10-11H2,1H3. The molecule has 0 aliphatic rings. The van der Waals surface area contributed by atoms with Gasteiger partial charge in [-0.15, -0.1) is 0 Å². The van der Waals surface area contributed by atoms with E-state index in [-0.39, 0.29) is 12.5 Å². The molecule has 3 aromatic rings. The summed E-state index contributed by atoms with van der Waals surface area (Å²) in [7, 11) is 0. The number of hydrogen-bond donors (Lipinski definition) is 0. The van der Waals surface area contributed by atoms with E-state index in [1.165, 1.54) is 0 Å². The molecule has 0 radical (unpaired) electrons. The van der Waals surface area contributed by atoms with Crippen LogP contribution in [-0.2, 0) is 22.6 Å². The van der Waals surface area contributed by atoms with Gasteiger partial charge in [-0.1, -0.05) is 53.6 Å². The first-order chi connectivity index (χ1) is 12.9. The molecule has 1 heterocycles. The van der Waals surface area contributed by atoms with Gasteiger partial charge in [-0.05, 0) is 49.0 Å². The van der Waals surface area contributed by atoms with Crippen LogP contribution >= 0.6 is 47.6 Å². The zero-order valence-electron chi connectivity index (χ0n) is 14.4. The smallest absolute Gasteiger partial charge is 0.326 e. The van der Waals surface area contributed by atoms with E-state index in [0.29, 0.717) is 32.6 Å². The fraction of sp³-hybridized carbons (Fsp3) is 0.211. The fourth-order valence-electron chi connectivity index (χ4n) is 2.82. The lowest BCUT2D eigenvalue weighted by Gasteiger charge is -2.17. The lowest BCUT2D eigenvalue weighted by atomic mass is 10.2. The van der Waals surface area contributed by atoms with Crippen molar-refractivity contribution in [3.8, 4) is 0 Å². The van der Waals surface area contributed by atoms with Gasteiger partial charge in [0.15, 0.2) is 4.77 Å². The Labute approximate surface area is 176 Å². The summed E-state index contributed by atoms with van der Waals surface area (Å²) in [4.78, 5) is 12.1. The molecule has 1 aromatic heterocycles. The molecule has 0 bridgehead atoms. The number of carbonyl (C=O) groups is 1. The van der Waals surface area contributed by atoms with Crippen LogP contribution in [0.3, 0.4) is 0 Å². The number of esters is 1. The second-order valence-corrected chi connectivity index (χ2v) is 7.40. The van der Waals surface area contributed by atoms with Crippen LogP contribution < -0.4 is 0 Å². The van der Waals surface area contributed by atoms with Gasteiger partial charge in [-0.25, -0.2) is 0 Å². The van der Waals surface area contributed by atoms with Gasteiger partial charge < -0.3 is 13.9 Å². The van der Waals surface area contributed by atoms with Crippen molar-refractivity contribution in [1.82, 2.24) is 9.13 Å². The molecule has 3 rings (SSSR count). The predicted molar refractivity (Wildman–Crippen MR) is 114 cm³/mol. The molecule has 0 spiro atoms. The van der Waals surface area contributed by atoms with Gasteiger partial charge in [-0.3, -0.25) is 4.79 Å². The molecule has 0 aliphatic heterocycles. The molecule has 4 nitrogen and oxygen atoms in total. The molecule has 140 valence electrons. The number of para-hydroxylation sites is 1. The summed E-state index contributed by atoms with van der Waals surface area (Å²) in [5.74, 6) is -0.350. The highest BCUT2D eigenvalue weighted by atomic mass is 35.5. The van der Waals surface area contributed by atoms with Gasteiger partial charge in [0.05, 0.1) is 28.7 Å². The molecular formula is C19H16Cl2N2O2S2. The Morgan fingerprint density at radius 1 is 1.07 bits per heavy atom. The van der Waals surface area contributed by atoms with Crippen molar-refractivity contribution >= 4 is 64.5 Å². The first kappa shape index (κ1) is 20.0. The maximum absolute atomic E-state index is 12.1. The monoisotopic (exact) mass is 438 g/mol. The second kappa shape index (κ2) is 8.52. The van der Waals surface area contributed by atoms with Crippen LogP contribution in [0.25, 0.3) is 10.9 Å². The van der Waals surface area contributed by atoms with Crippen molar-refractivity contribution in [1.29, 1.82) is 0 Å². The highest BCUT2D eigenvalue weighted by molar-refractivity contribution is 7.72. The molecule has 0 saturated carbocycles. The number of benzene rings is 2. The maximum atomic E-state index is 12.1. The first-order valence-corrected chi connectivity index (χ1v) is 9.81. The molecule has 8 heteroatoms. The average molecular weight is 439 g/mol. The number of nitrogens with zero attached hydrogens (tertiary/aromatic N) is 2. The highest BCUT2D eigenvalue weighted by Gasteiger charge is 2.13. The van der Waals surface area contributed by atoms with Crippen LogP contribution in [0.4, 0.5) is 0 Å². The highest BCUT2D eigenvalue weighted by Crippen LogP contribution is 2.24. The number of rotatable bonds is 5. The van der Waals surface area contributed by atoms with Crippen molar-refractivity contribution in [2.45, 2.75) is 20.0 Å². The maximum Gasteiger partial charge on any atom is 0.326 e. The van der Waals surface area contributed by atoms with Gasteiger partial charge in [-0.2, -0.15) is 0 Å². The van der Waals surface area contributed by atoms with Crippen molar-refractivity contribution in [2.75, 3.05) is 6.61 Å². The van der Waals surface area contributed by atoms with Gasteiger partial charge in [0.2, 0.25) is 0 Å².